The Bertz CT molecular complexity index is 1360. The molecule has 1 saturated carbocycles. The van der Waals surface area contributed by atoms with Crippen LogP contribution in [0.3, 0.4) is 0 Å². The summed E-state index contributed by atoms with van der Waals surface area (Å²) in [6.45, 7) is 1.92. The maximum atomic E-state index is 13.7. The van der Waals surface area contributed by atoms with Gasteiger partial charge in [0, 0.05) is 41.8 Å². The summed E-state index contributed by atoms with van der Waals surface area (Å²) in [6.07, 6.45) is 0.854. The standard InChI is InChI=1S/C28H34ClN3O5/c1-16(33)30-22-11-12-28(35,17-7-6-8-19(13-17)36-4)21(15-32(2)3)24(22)25-26(37-5)20-10-9-18(29)14-23(20)31-27(25)34/h6-10,13-14,21-22,24,35H,11-12,15H2,1-5H3,(H,30,33)(H,31,34). The Morgan fingerprint density at radius 3 is 2.62 bits per heavy atom. The number of pyridine rings is 1. The fourth-order valence-electron chi connectivity index (χ4n) is 5.83. The van der Waals surface area contributed by atoms with Crippen molar-refractivity contribution >= 4 is 28.4 Å². The van der Waals surface area contributed by atoms with Gasteiger partial charge in [-0.1, -0.05) is 23.7 Å². The van der Waals surface area contributed by atoms with Gasteiger partial charge < -0.3 is 29.8 Å². The minimum Gasteiger partial charge on any atom is -0.497 e. The molecule has 1 aliphatic carbocycles. The van der Waals surface area contributed by atoms with E-state index in [1.165, 1.54) is 14.0 Å². The van der Waals surface area contributed by atoms with E-state index in [0.717, 1.165) is 0 Å². The normalized spacial score (nSPS) is 23.7. The van der Waals surface area contributed by atoms with Gasteiger partial charge in [0.2, 0.25) is 5.91 Å². The number of nitrogens with one attached hydrogen (secondary N) is 2. The molecule has 3 N–H and O–H groups in total. The lowest BCUT2D eigenvalue weighted by Gasteiger charge is -2.49. The molecule has 2 aromatic carbocycles. The lowest BCUT2D eigenvalue weighted by atomic mass is 9.61. The highest BCUT2D eigenvalue weighted by Gasteiger charge is 2.52. The molecule has 4 atom stereocenters. The summed E-state index contributed by atoms with van der Waals surface area (Å²) in [5.74, 6) is -0.189. The van der Waals surface area contributed by atoms with Crippen molar-refractivity contribution in [3.8, 4) is 11.5 Å². The number of aromatic amines is 1. The van der Waals surface area contributed by atoms with Crippen molar-refractivity contribution in [2.24, 2.45) is 5.92 Å². The highest BCUT2D eigenvalue weighted by molar-refractivity contribution is 6.31. The van der Waals surface area contributed by atoms with Gasteiger partial charge in [0.15, 0.2) is 0 Å². The summed E-state index contributed by atoms with van der Waals surface area (Å²) in [5, 5.41) is 16.6. The van der Waals surface area contributed by atoms with E-state index in [0.29, 0.717) is 57.9 Å². The number of aromatic nitrogens is 1. The number of fused-ring (bicyclic) bond motifs is 1. The maximum Gasteiger partial charge on any atom is 0.255 e. The molecule has 1 aromatic heterocycles. The summed E-state index contributed by atoms with van der Waals surface area (Å²) < 4.78 is 11.3. The topological polar surface area (TPSA) is 104 Å². The molecule has 1 aliphatic rings. The molecule has 0 bridgehead atoms. The van der Waals surface area contributed by atoms with Crippen molar-refractivity contribution in [3.63, 3.8) is 0 Å². The first-order valence-electron chi connectivity index (χ1n) is 12.3. The predicted molar refractivity (Wildman–Crippen MR) is 145 cm³/mol. The molecular formula is C28H34ClN3O5. The van der Waals surface area contributed by atoms with Crippen LogP contribution in [0.4, 0.5) is 0 Å². The summed E-state index contributed by atoms with van der Waals surface area (Å²) >= 11 is 6.19. The lowest BCUT2D eigenvalue weighted by molar-refractivity contribution is -0.122. The molecule has 0 saturated heterocycles. The van der Waals surface area contributed by atoms with Gasteiger partial charge in [-0.05, 0) is 62.8 Å². The van der Waals surface area contributed by atoms with Crippen molar-refractivity contribution in [1.82, 2.24) is 15.2 Å². The Morgan fingerprint density at radius 1 is 1.22 bits per heavy atom. The Kier molecular flexibility index (Phi) is 7.83. The van der Waals surface area contributed by atoms with E-state index >= 15 is 0 Å². The van der Waals surface area contributed by atoms with Crippen LogP contribution in [-0.2, 0) is 10.4 Å². The van der Waals surface area contributed by atoms with E-state index in [2.05, 4.69) is 10.3 Å². The zero-order valence-electron chi connectivity index (χ0n) is 21.8. The van der Waals surface area contributed by atoms with Gasteiger partial charge in [-0.2, -0.15) is 0 Å². The number of ether oxygens (including phenoxy) is 2. The van der Waals surface area contributed by atoms with Gasteiger partial charge in [-0.3, -0.25) is 9.59 Å². The second-order valence-corrected chi connectivity index (χ2v) is 10.4. The van der Waals surface area contributed by atoms with Gasteiger partial charge in [-0.25, -0.2) is 0 Å². The Labute approximate surface area is 221 Å². The number of aliphatic hydroxyl groups is 1. The van der Waals surface area contributed by atoms with Crippen LogP contribution in [0.25, 0.3) is 10.9 Å². The van der Waals surface area contributed by atoms with Crippen LogP contribution in [0, 0.1) is 5.92 Å². The van der Waals surface area contributed by atoms with E-state index in [1.54, 1.807) is 25.3 Å². The number of nitrogens with zero attached hydrogens (tertiary/aromatic N) is 1. The first kappa shape index (κ1) is 27.0. The number of amides is 1. The molecule has 3 aromatic rings. The zero-order valence-corrected chi connectivity index (χ0v) is 22.6. The summed E-state index contributed by atoms with van der Waals surface area (Å²) in [7, 11) is 6.96. The van der Waals surface area contributed by atoms with E-state index in [-0.39, 0.29) is 11.5 Å². The first-order valence-corrected chi connectivity index (χ1v) is 12.6. The second kappa shape index (κ2) is 10.7. The van der Waals surface area contributed by atoms with Gasteiger partial charge >= 0.3 is 0 Å². The molecule has 0 aliphatic heterocycles. The zero-order chi connectivity index (χ0) is 26.9. The summed E-state index contributed by atoms with van der Waals surface area (Å²) in [4.78, 5) is 31.0. The number of carbonyl (C=O) groups excluding carboxylic acids is 1. The molecule has 1 fully saturated rings. The average molecular weight is 528 g/mol. The van der Waals surface area contributed by atoms with Crippen molar-refractivity contribution in [2.75, 3.05) is 34.9 Å². The van der Waals surface area contributed by atoms with Gasteiger partial charge in [0.1, 0.15) is 11.5 Å². The number of H-pyrrole nitrogens is 1. The summed E-state index contributed by atoms with van der Waals surface area (Å²) in [5.41, 5.74) is 0.00454. The number of carbonyl (C=O) groups is 1. The number of methoxy groups -OCH3 is 2. The highest BCUT2D eigenvalue weighted by Crippen LogP contribution is 2.51. The van der Waals surface area contributed by atoms with Crippen molar-refractivity contribution < 1.29 is 19.4 Å². The molecule has 198 valence electrons. The van der Waals surface area contributed by atoms with Gasteiger partial charge in [-0.15, -0.1) is 0 Å². The molecule has 4 rings (SSSR count). The van der Waals surface area contributed by atoms with Crippen molar-refractivity contribution in [2.45, 2.75) is 37.3 Å². The highest BCUT2D eigenvalue weighted by atomic mass is 35.5. The smallest absolute Gasteiger partial charge is 0.255 e. The molecule has 4 unspecified atom stereocenters. The quantitative estimate of drug-likeness (QED) is 0.433. The Morgan fingerprint density at radius 2 is 1.97 bits per heavy atom. The SMILES string of the molecule is COc1cccc(C2(O)CCC(NC(C)=O)C(c3c(OC)c4ccc(Cl)cc4[nH]c3=O)C2CN(C)C)c1. The molecule has 0 spiro atoms. The van der Waals surface area contributed by atoms with Crippen LogP contribution in [0.1, 0.15) is 36.8 Å². The van der Waals surface area contributed by atoms with E-state index in [1.807, 2.05) is 43.3 Å². The van der Waals surface area contributed by atoms with E-state index in [9.17, 15) is 14.7 Å². The third kappa shape index (κ3) is 5.19. The number of benzene rings is 2. The molecule has 1 heterocycles. The number of rotatable bonds is 7. The van der Waals surface area contributed by atoms with Gasteiger partial charge in [0.05, 0.1) is 30.9 Å². The largest absolute Gasteiger partial charge is 0.497 e. The van der Waals surface area contributed by atoms with Gasteiger partial charge in [0.25, 0.3) is 5.56 Å². The number of halogens is 1. The minimum absolute atomic E-state index is 0.201. The molecule has 9 heteroatoms. The third-order valence-corrected chi connectivity index (χ3v) is 7.57. The lowest BCUT2D eigenvalue weighted by Crippen LogP contribution is -2.56. The third-order valence-electron chi connectivity index (χ3n) is 7.34. The number of hydrogen-bond donors (Lipinski definition) is 3. The average Bonchev–Trinajstić information content (AvgIpc) is 2.85. The summed E-state index contributed by atoms with van der Waals surface area (Å²) in [6, 6.07) is 12.2. The molecule has 37 heavy (non-hydrogen) atoms. The first-order chi connectivity index (χ1) is 17.6. The maximum absolute atomic E-state index is 13.7. The van der Waals surface area contributed by atoms with Crippen LogP contribution in [-0.4, -0.2) is 61.8 Å². The molecule has 1 amide bonds. The predicted octanol–water partition coefficient (Wildman–Crippen LogP) is 3.65. The van der Waals surface area contributed by atoms with Crippen LogP contribution in [0.5, 0.6) is 11.5 Å². The van der Waals surface area contributed by atoms with E-state index in [4.69, 9.17) is 21.1 Å². The second-order valence-electron chi connectivity index (χ2n) is 9.99. The molecular weight excluding hydrogens is 494 g/mol. The van der Waals surface area contributed by atoms with Crippen LogP contribution in [0.2, 0.25) is 5.02 Å². The fraction of sp³-hybridized carbons (Fsp3) is 0.429. The van der Waals surface area contributed by atoms with Crippen LogP contribution < -0.4 is 20.3 Å². The van der Waals surface area contributed by atoms with Crippen molar-refractivity contribution in [3.05, 3.63) is 69.0 Å². The van der Waals surface area contributed by atoms with Crippen molar-refractivity contribution in [1.29, 1.82) is 0 Å². The Balaban J connectivity index is 2.00. The van der Waals surface area contributed by atoms with Crippen LogP contribution >= 0.6 is 11.6 Å². The minimum atomic E-state index is -1.30. The van der Waals surface area contributed by atoms with Crippen LogP contribution in [0.15, 0.2) is 47.3 Å². The van der Waals surface area contributed by atoms with E-state index < -0.39 is 23.5 Å². The molecule has 0 radical (unpaired) electrons. The fourth-order valence-corrected chi connectivity index (χ4v) is 6.00. The Hall–Kier alpha value is -3.07. The molecule has 8 nitrogen and oxygen atoms in total. The monoisotopic (exact) mass is 527 g/mol. The number of hydrogen-bond acceptors (Lipinski definition) is 6.